The van der Waals surface area contributed by atoms with Crippen LogP contribution in [-0.2, 0) is 0 Å². The first-order valence-corrected chi connectivity index (χ1v) is 3.27. The Kier molecular flexibility index (Phi) is 2.09. The molecule has 0 aromatic carbocycles. The fourth-order valence-electron chi connectivity index (χ4n) is 0.881. The van der Waals surface area contributed by atoms with E-state index in [0.717, 1.165) is 0 Å². The third-order valence-corrected chi connectivity index (χ3v) is 1.42. The van der Waals surface area contributed by atoms with Crippen molar-refractivity contribution in [2.45, 2.75) is 0 Å². The van der Waals surface area contributed by atoms with E-state index in [2.05, 4.69) is 11.6 Å². The highest BCUT2D eigenvalue weighted by molar-refractivity contribution is 5.96. The summed E-state index contributed by atoms with van der Waals surface area (Å²) in [6.07, 6.45) is 2.80. The summed E-state index contributed by atoms with van der Waals surface area (Å²) in [5, 5.41) is 8.71. The molecule has 4 heteroatoms. The largest absolute Gasteiger partial charge is 0.478 e. The molecule has 3 N–H and O–H groups in total. The highest BCUT2D eigenvalue weighted by Gasteiger charge is 2.11. The molecule has 0 amide bonds. The van der Waals surface area contributed by atoms with Gasteiger partial charge in [0.05, 0.1) is 5.69 Å². The summed E-state index contributed by atoms with van der Waals surface area (Å²) >= 11 is 0. The third-order valence-electron chi connectivity index (χ3n) is 1.42. The van der Waals surface area contributed by atoms with E-state index in [1.165, 1.54) is 18.3 Å². The Hall–Kier alpha value is -1.84. The molecule has 0 atom stereocenters. The first kappa shape index (κ1) is 8.26. The van der Waals surface area contributed by atoms with Crippen LogP contribution in [0.3, 0.4) is 0 Å². The van der Waals surface area contributed by atoms with Crippen molar-refractivity contribution in [3.63, 3.8) is 0 Å². The van der Waals surface area contributed by atoms with Gasteiger partial charge in [-0.25, -0.2) is 4.79 Å². The molecule has 1 aromatic heterocycles. The molecule has 1 rings (SSSR count). The molecule has 1 heterocycles. The number of hydrogen-bond acceptors (Lipinski definition) is 3. The fourth-order valence-corrected chi connectivity index (χ4v) is 0.881. The van der Waals surface area contributed by atoms with Gasteiger partial charge in [0.2, 0.25) is 0 Å². The minimum Gasteiger partial charge on any atom is -0.478 e. The maximum Gasteiger partial charge on any atom is 0.340 e. The van der Waals surface area contributed by atoms with Crippen molar-refractivity contribution in [2.24, 2.45) is 0 Å². The van der Waals surface area contributed by atoms with Gasteiger partial charge in [-0.1, -0.05) is 6.58 Å². The number of carbonyl (C=O) groups is 1. The minimum absolute atomic E-state index is 0.00694. The van der Waals surface area contributed by atoms with Gasteiger partial charge in [-0.05, 0) is 12.1 Å². The number of aromatic carboxylic acids is 1. The van der Waals surface area contributed by atoms with Gasteiger partial charge >= 0.3 is 5.97 Å². The number of carboxylic acids is 1. The standard InChI is InChI=1S/C8H8N2O2/c1-2-6-7(8(11)12)5(9)3-4-10-6/h2-4H,1H2,(H2,9,10)(H,11,12). The van der Waals surface area contributed by atoms with Gasteiger partial charge in [0.25, 0.3) is 0 Å². The van der Waals surface area contributed by atoms with Crippen LogP contribution in [0.1, 0.15) is 16.1 Å². The van der Waals surface area contributed by atoms with Crippen LogP contribution in [0.15, 0.2) is 18.8 Å². The van der Waals surface area contributed by atoms with Crippen LogP contribution >= 0.6 is 0 Å². The summed E-state index contributed by atoms with van der Waals surface area (Å²) in [4.78, 5) is 14.4. The number of hydrogen-bond donors (Lipinski definition) is 2. The van der Waals surface area contributed by atoms with E-state index in [1.54, 1.807) is 0 Å². The lowest BCUT2D eigenvalue weighted by molar-refractivity contribution is 0.0697. The van der Waals surface area contributed by atoms with E-state index in [1.807, 2.05) is 0 Å². The Labute approximate surface area is 69.4 Å². The average Bonchev–Trinajstić information content (AvgIpc) is 2.03. The summed E-state index contributed by atoms with van der Waals surface area (Å²) in [7, 11) is 0. The number of nitrogens with zero attached hydrogens (tertiary/aromatic N) is 1. The molecule has 0 saturated carbocycles. The van der Waals surface area contributed by atoms with Crippen LogP contribution in [0.25, 0.3) is 6.08 Å². The van der Waals surface area contributed by atoms with Gasteiger partial charge in [0.1, 0.15) is 5.56 Å². The lowest BCUT2D eigenvalue weighted by atomic mass is 10.1. The smallest absolute Gasteiger partial charge is 0.340 e. The maximum absolute atomic E-state index is 10.6. The van der Waals surface area contributed by atoms with Gasteiger partial charge in [-0.2, -0.15) is 0 Å². The van der Waals surface area contributed by atoms with Gasteiger partial charge in [0.15, 0.2) is 0 Å². The van der Waals surface area contributed by atoms with E-state index < -0.39 is 5.97 Å². The van der Waals surface area contributed by atoms with Crippen LogP contribution in [0.5, 0.6) is 0 Å². The molecule has 0 fully saturated rings. The zero-order chi connectivity index (χ0) is 9.14. The predicted molar refractivity (Wildman–Crippen MR) is 45.7 cm³/mol. The van der Waals surface area contributed by atoms with E-state index in [-0.39, 0.29) is 11.3 Å². The summed E-state index contributed by atoms with van der Waals surface area (Å²) in [5.74, 6) is -1.09. The Morgan fingerprint density at radius 1 is 1.75 bits per heavy atom. The molecule has 0 bridgehead atoms. The van der Waals surface area contributed by atoms with Crippen molar-refractivity contribution in [3.05, 3.63) is 30.1 Å². The van der Waals surface area contributed by atoms with Crippen LogP contribution < -0.4 is 5.73 Å². The number of rotatable bonds is 2. The molecular weight excluding hydrogens is 156 g/mol. The topological polar surface area (TPSA) is 76.2 Å². The SMILES string of the molecule is C=Cc1nccc(N)c1C(=O)O. The second-order valence-corrected chi connectivity index (χ2v) is 2.17. The highest BCUT2D eigenvalue weighted by atomic mass is 16.4. The van der Waals surface area contributed by atoms with Crippen LogP contribution in [0.4, 0.5) is 5.69 Å². The summed E-state index contributed by atoms with van der Waals surface area (Å²) in [6.45, 7) is 3.43. The Bertz CT molecular complexity index is 334. The minimum atomic E-state index is -1.09. The molecule has 0 aliphatic rings. The number of aromatic nitrogens is 1. The van der Waals surface area contributed by atoms with Crippen molar-refractivity contribution in [1.82, 2.24) is 4.98 Å². The quantitative estimate of drug-likeness (QED) is 0.683. The number of nitrogen functional groups attached to an aromatic ring is 1. The Morgan fingerprint density at radius 2 is 2.42 bits per heavy atom. The summed E-state index contributed by atoms with van der Waals surface area (Å²) in [6, 6.07) is 1.44. The van der Waals surface area contributed by atoms with Gasteiger partial charge < -0.3 is 10.8 Å². The van der Waals surface area contributed by atoms with Crippen molar-refractivity contribution < 1.29 is 9.90 Å². The van der Waals surface area contributed by atoms with Gasteiger partial charge in [-0.3, -0.25) is 4.98 Å². The van der Waals surface area contributed by atoms with Gasteiger partial charge in [0, 0.05) is 11.9 Å². The van der Waals surface area contributed by atoms with Crippen molar-refractivity contribution >= 4 is 17.7 Å². The Morgan fingerprint density at radius 3 is 2.83 bits per heavy atom. The molecule has 4 nitrogen and oxygen atoms in total. The maximum atomic E-state index is 10.6. The highest BCUT2D eigenvalue weighted by Crippen LogP contribution is 2.14. The molecule has 0 aliphatic carbocycles. The second kappa shape index (κ2) is 3.04. The predicted octanol–water partition coefficient (Wildman–Crippen LogP) is 1.01. The second-order valence-electron chi connectivity index (χ2n) is 2.17. The van der Waals surface area contributed by atoms with E-state index in [4.69, 9.17) is 10.8 Å². The van der Waals surface area contributed by atoms with Crippen LogP contribution in [0, 0.1) is 0 Å². The first-order chi connectivity index (χ1) is 5.66. The number of nitrogens with two attached hydrogens (primary N) is 1. The van der Waals surface area contributed by atoms with E-state index in [0.29, 0.717) is 5.69 Å². The van der Waals surface area contributed by atoms with Crippen molar-refractivity contribution in [3.8, 4) is 0 Å². The van der Waals surface area contributed by atoms with E-state index >= 15 is 0 Å². The van der Waals surface area contributed by atoms with Crippen LogP contribution in [0.2, 0.25) is 0 Å². The monoisotopic (exact) mass is 164 g/mol. The van der Waals surface area contributed by atoms with Crippen molar-refractivity contribution in [2.75, 3.05) is 5.73 Å². The number of pyridine rings is 1. The fraction of sp³-hybridized carbons (Fsp3) is 0. The zero-order valence-electron chi connectivity index (χ0n) is 6.32. The van der Waals surface area contributed by atoms with E-state index in [9.17, 15) is 4.79 Å². The molecule has 0 radical (unpaired) electrons. The molecule has 12 heavy (non-hydrogen) atoms. The van der Waals surface area contributed by atoms with Crippen molar-refractivity contribution in [1.29, 1.82) is 0 Å². The number of carboxylic acid groups (broad SMARTS) is 1. The molecule has 1 aromatic rings. The molecular formula is C8H8N2O2. The van der Waals surface area contributed by atoms with Crippen LogP contribution in [-0.4, -0.2) is 16.1 Å². The Balaban J connectivity index is 3.39. The average molecular weight is 164 g/mol. The third kappa shape index (κ3) is 1.27. The normalized spacial score (nSPS) is 9.33. The number of anilines is 1. The molecule has 0 saturated heterocycles. The molecule has 0 spiro atoms. The molecule has 62 valence electrons. The lowest BCUT2D eigenvalue weighted by Gasteiger charge is -2.02. The zero-order valence-corrected chi connectivity index (χ0v) is 6.32. The molecule has 0 aliphatic heterocycles. The van der Waals surface area contributed by atoms with Gasteiger partial charge in [-0.15, -0.1) is 0 Å². The lowest BCUT2D eigenvalue weighted by Crippen LogP contribution is -2.06. The first-order valence-electron chi connectivity index (χ1n) is 3.27. The summed E-state index contributed by atoms with van der Waals surface area (Å²) in [5.41, 5.74) is 5.93. The molecule has 0 unspecified atom stereocenters. The summed E-state index contributed by atoms with van der Waals surface area (Å²) < 4.78 is 0.